The summed E-state index contributed by atoms with van der Waals surface area (Å²) in [4.78, 5) is 3.98. The van der Waals surface area contributed by atoms with Gasteiger partial charge in [0.2, 0.25) is 0 Å². The Labute approximate surface area is 122 Å². The topological polar surface area (TPSA) is 36.7 Å². The lowest BCUT2D eigenvalue weighted by molar-refractivity contribution is 0.606. The first-order valence-corrected chi connectivity index (χ1v) is 6.56. The first-order valence-electron chi connectivity index (χ1n) is 5.81. The van der Waals surface area contributed by atoms with Crippen LogP contribution in [0.3, 0.4) is 0 Å². The standard InChI is InChI=1S/C15H12Cl2N2/c1-15(10-18,9-11-4-6-19-7-5-11)13-3-2-12(16)8-14(13)17/h2-8H,9H2,1H3. The summed E-state index contributed by atoms with van der Waals surface area (Å²) >= 11 is 12.1. The molecule has 0 aliphatic rings. The second-order valence-corrected chi connectivity index (χ2v) is 5.44. The number of hydrogen-bond acceptors (Lipinski definition) is 2. The van der Waals surface area contributed by atoms with Gasteiger partial charge in [0.15, 0.2) is 0 Å². The van der Waals surface area contributed by atoms with E-state index in [4.69, 9.17) is 23.2 Å². The fourth-order valence-corrected chi connectivity index (χ4v) is 2.66. The summed E-state index contributed by atoms with van der Waals surface area (Å²) in [5.41, 5.74) is 1.14. The second kappa shape index (κ2) is 5.61. The number of halogens is 2. The van der Waals surface area contributed by atoms with Crippen molar-refractivity contribution in [3.8, 4) is 6.07 Å². The lowest BCUT2D eigenvalue weighted by Crippen LogP contribution is -2.23. The van der Waals surface area contributed by atoms with Crippen molar-refractivity contribution >= 4 is 23.2 Å². The van der Waals surface area contributed by atoms with Crippen LogP contribution in [-0.2, 0) is 11.8 Å². The van der Waals surface area contributed by atoms with E-state index in [-0.39, 0.29) is 0 Å². The van der Waals surface area contributed by atoms with Crippen LogP contribution in [0.5, 0.6) is 0 Å². The number of pyridine rings is 1. The van der Waals surface area contributed by atoms with Crippen molar-refractivity contribution in [3.63, 3.8) is 0 Å². The van der Waals surface area contributed by atoms with Crippen LogP contribution in [0.2, 0.25) is 10.0 Å². The number of nitrogens with zero attached hydrogens (tertiary/aromatic N) is 2. The first-order chi connectivity index (χ1) is 9.05. The third-order valence-electron chi connectivity index (χ3n) is 3.08. The van der Waals surface area contributed by atoms with Gasteiger partial charge in [0, 0.05) is 22.4 Å². The van der Waals surface area contributed by atoms with Gasteiger partial charge in [0.1, 0.15) is 0 Å². The van der Waals surface area contributed by atoms with Crippen molar-refractivity contribution in [2.24, 2.45) is 0 Å². The zero-order chi connectivity index (χ0) is 13.9. The number of nitriles is 1. The maximum Gasteiger partial charge on any atom is 0.0848 e. The Kier molecular flexibility index (Phi) is 4.09. The fourth-order valence-electron chi connectivity index (χ4n) is 2.04. The zero-order valence-corrected chi connectivity index (χ0v) is 11.9. The largest absolute Gasteiger partial charge is 0.265 e. The van der Waals surface area contributed by atoms with Gasteiger partial charge in [-0.15, -0.1) is 0 Å². The van der Waals surface area contributed by atoms with Crippen LogP contribution >= 0.6 is 23.2 Å². The highest BCUT2D eigenvalue weighted by Gasteiger charge is 2.29. The monoisotopic (exact) mass is 290 g/mol. The quantitative estimate of drug-likeness (QED) is 0.839. The van der Waals surface area contributed by atoms with Crippen molar-refractivity contribution < 1.29 is 0 Å². The Morgan fingerprint density at radius 3 is 2.47 bits per heavy atom. The van der Waals surface area contributed by atoms with Crippen LogP contribution < -0.4 is 0 Å². The van der Waals surface area contributed by atoms with Gasteiger partial charge in [-0.25, -0.2) is 0 Å². The van der Waals surface area contributed by atoms with Crippen LogP contribution in [0, 0.1) is 11.3 Å². The molecule has 1 aromatic carbocycles. The molecule has 1 atom stereocenters. The highest BCUT2D eigenvalue weighted by molar-refractivity contribution is 6.35. The van der Waals surface area contributed by atoms with E-state index in [1.165, 1.54) is 0 Å². The molecule has 0 saturated heterocycles. The maximum atomic E-state index is 9.54. The van der Waals surface area contributed by atoms with Crippen LogP contribution in [-0.4, -0.2) is 4.98 Å². The van der Waals surface area contributed by atoms with Gasteiger partial charge in [0.05, 0.1) is 11.5 Å². The van der Waals surface area contributed by atoms with Gasteiger partial charge in [-0.2, -0.15) is 5.26 Å². The number of benzene rings is 1. The van der Waals surface area contributed by atoms with Crippen LogP contribution in [0.25, 0.3) is 0 Å². The highest BCUT2D eigenvalue weighted by Crippen LogP contribution is 2.34. The summed E-state index contributed by atoms with van der Waals surface area (Å²) in [7, 11) is 0. The number of hydrogen-bond donors (Lipinski definition) is 0. The average Bonchev–Trinajstić information content (AvgIpc) is 2.39. The molecule has 0 N–H and O–H groups in total. The van der Waals surface area contributed by atoms with Gasteiger partial charge < -0.3 is 0 Å². The van der Waals surface area contributed by atoms with Gasteiger partial charge in [0.25, 0.3) is 0 Å². The van der Waals surface area contributed by atoms with Crippen LogP contribution in [0.15, 0.2) is 42.7 Å². The van der Waals surface area contributed by atoms with Crippen molar-refractivity contribution in [3.05, 3.63) is 63.9 Å². The Balaban J connectivity index is 2.40. The van der Waals surface area contributed by atoms with E-state index in [0.29, 0.717) is 16.5 Å². The molecule has 0 aliphatic carbocycles. The molecule has 0 amide bonds. The lowest BCUT2D eigenvalue weighted by atomic mass is 9.79. The SMILES string of the molecule is CC(C#N)(Cc1ccncc1)c1ccc(Cl)cc1Cl. The Morgan fingerprint density at radius 1 is 1.21 bits per heavy atom. The van der Waals surface area contributed by atoms with Crippen LogP contribution in [0.4, 0.5) is 0 Å². The predicted molar refractivity (Wildman–Crippen MR) is 77.4 cm³/mol. The van der Waals surface area contributed by atoms with E-state index >= 15 is 0 Å². The molecule has 19 heavy (non-hydrogen) atoms. The normalized spacial score (nSPS) is 13.6. The summed E-state index contributed by atoms with van der Waals surface area (Å²) < 4.78 is 0. The molecule has 1 unspecified atom stereocenters. The molecule has 1 aromatic heterocycles. The molecule has 2 aromatic rings. The molecule has 0 spiro atoms. The molecule has 4 heteroatoms. The Morgan fingerprint density at radius 2 is 1.89 bits per heavy atom. The summed E-state index contributed by atoms with van der Waals surface area (Å²) in [6, 6.07) is 11.4. The zero-order valence-electron chi connectivity index (χ0n) is 10.4. The average molecular weight is 291 g/mol. The Bertz CT molecular complexity index is 620. The summed E-state index contributed by atoms with van der Waals surface area (Å²) in [5, 5.41) is 10.6. The van der Waals surface area contributed by atoms with E-state index < -0.39 is 5.41 Å². The maximum absolute atomic E-state index is 9.54. The fraction of sp³-hybridized carbons (Fsp3) is 0.200. The molecule has 0 fully saturated rings. The van der Waals surface area contributed by atoms with Crippen LogP contribution in [0.1, 0.15) is 18.1 Å². The van der Waals surface area contributed by atoms with E-state index in [1.807, 2.05) is 25.1 Å². The first kappa shape index (κ1) is 13.9. The molecule has 2 nitrogen and oxygen atoms in total. The molecule has 0 bridgehead atoms. The van der Waals surface area contributed by atoms with E-state index in [1.54, 1.807) is 24.5 Å². The minimum absolute atomic E-state index is 0.519. The van der Waals surface area contributed by atoms with Crippen molar-refractivity contribution in [2.75, 3.05) is 0 Å². The van der Waals surface area contributed by atoms with Crippen molar-refractivity contribution in [2.45, 2.75) is 18.8 Å². The van der Waals surface area contributed by atoms with E-state index in [9.17, 15) is 5.26 Å². The van der Waals surface area contributed by atoms with E-state index in [0.717, 1.165) is 11.1 Å². The van der Waals surface area contributed by atoms with Crippen molar-refractivity contribution in [1.29, 1.82) is 5.26 Å². The predicted octanol–water partition coefficient (Wildman–Crippen LogP) is 4.41. The number of aromatic nitrogens is 1. The second-order valence-electron chi connectivity index (χ2n) is 4.60. The molecule has 0 radical (unpaired) electrons. The molecular weight excluding hydrogens is 279 g/mol. The third-order valence-corrected chi connectivity index (χ3v) is 3.63. The molecule has 96 valence electrons. The molecule has 2 rings (SSSR count). The van der Waals surface area contributed by atoms with Crippen molar-refractivity contribution in [1.82, 2.24) is 4.98 Å². The highest BCUT2D eigenvalue weighted by atomic mass is 35.5. The summed E-state index contributed by atoms with van der Waals surface area (Å²) in [6.45, 7) is 1.88. The minimum atomic E-state index is -0.691. The summed E-state index contributed by atoms with van der Waals surface area (Å²) in [5.74, 6) is 0. The molecule has 1 heterocycles. The molecular formula is C15H12Cl2N2. The number of rotatable bonds is 3. The Hall–Kier alpha value is -1.56. The van der Waals surface area contributed by atoms with Gasteiger partial charge >= 0.3 is 0 Å². The lowest BCUT2D eigenvalue weighted by Gasteiger charge is -2.23. The summed E-state index contributed by atoms with van der Waals surface area (Å²) in [6.07, 6.45) is 4.01. The molecule has 0 aliphatic heterocycles. The minimum Gasteiger partial charge on any atom is -0.265 e. The van der Waals surface area contributed by atoms with E-state index in [2.05, 4.69) is 11.1 Å². The van der Waals surface area contributed by atoms with Gasteiger partial charge in [-0.1, -0.05) is 29.3 Å². The molecule has 0 saturated carbocycles. The smallest absolute Gasteiger partial charge is 0.0848 e. The third kappa shape index (κ3) is 3.07. The van der Waals surface area contributed by atoms with Gasteiger partial charge in [-0.05, 0) is 48.7 Å². The van der Waals surface area contributed by atoms with Gasteiger partial charge in [-0.3, -0.25) is 4.98 Å².